The Morgan fingerprint density at radius 2 is 1.92 bits per heavy atom. The quantitative estimate of drug-likeness (QED) is 0.527. The van der Waals surface area contributed by atoms with Gasteiger partial charge in [-0.05, 0) is 25.3 Å². The minimum atomic E-state index is 0.0326. The van der Waals surface area contributed by atoms with Crippen LogP contribution in [0.2, 0.25) is 0 Å². The molecule has 5 heteroatoms. The summed E-state index contributed by atoms with van der Waals surface area (Å²) in [5, 5.41) is 5.22. The standard InChI is InChI=1S/C20H25N3OS/c1-3-5-6-7-13-16(24)22-20-18-19(25-17(23-18)10-4-2)14-11-8-9-12-15(14)21-20/h8-9,11-12H,3-7,10,13H2,1-2H3,(H,21,22,24). The molecule has 1 N–H and O–H groups in total. The molecule has 2 aromatic heterocycles. The Morgan fingerprint density at radius 3 is 2.72 bits per heavy atom. The number of anilines is 1. The number of hydrogen-bond acceptors (Lipinski definition) is 4. The van der Waals surface area contributed by atoms with Crippen molar-refractivity contribution in [1.29, 1.82) is 0 Å². The molecular weight excluding hydrogens is 330 g/mol. The van der Waals surface area contributed by atoms with Crippen molar-refractivity contribution in [3.63, 3.8) is 0 Å². The summed E-state index contributed by atoms with van der Waals surface area (Å²) in [5.41, 5.74) is 1.73. The van der Waals surface area contributed by atoms with Gasteiger partial charge in [-0.1, -0.05) is 51.3 Å². The number of carbonyl (C=O) groups is 1. The number of nitrogens with zero attached hydrogens (tertiary/aromatic N) is 2. The predicted octanol–water partition coefficient (Wildman–Crippen LogP) is 5.71. The van der Waals surface area contributed by atoms with Gasteiger partial charge in [-0.25, -0.2) is 9.97 Å². The van der Waals surface area contributed by atoms with Crippen LogP contribution in [0.1, 0.15) is 57.4 Å². The smallest absolute Gasteiger partial charge is 0.225 e. The van der Waals surface area contributed by atoms with Gasteiger partial charge in [0.15, 0.2) is 5.82 Å². The van der Waals surface area contributed by atoms with Crippen LogP contribution < -0.4 is 5.32 Å². The second-order valence-electron chi connectivity index (χ2n) is 6.37. The largest absolute Gasteiger partial charge is 0.309 e. The fraction of sp³-hybridized carbons (Fsp3) is 0.450. The van der Waals surface area contributed by atoms with E-state index in [1.165, 1.54) is 12.8 Å². The molecule has 0 bridgehead atoms. The van der Waals surface area contributed by atoms with Crippen LogP contribution in [-0.2, 0) is 11.2 Å². The van der Waals surface area contributed by atoms with Crippen molar-refractivity contribution < 1.29 is 4.79 Å². The summed E-state index contributed by atoms with van der Waals surface area (Å²) in [7, 11) is 0. The summed E-state index contributed by atoms with van der Waals surface area (Å²) < 4.78 is 1.12. The SMILES string of the molecule is CCCCCCC(=O)Nc1nc2ccccc2c2sc(CCC)nc12. The highest BCUT2D eigenvalue weighted by Gasteiger charge is 2.15. The lowest BCUT2D eigenvalue weighted by Gasteiger charge is -2.07. The van der Waals surface area contributed by atoms with Gasteiger partial charge in [0.25, 0.3) is 0 Å². The lowest BCUT2D eigenvalue weighted by atomic mass is 10.1. The molecule has 2 heterocycles. The average molecular weight is 356 g/mol. The first kappa shape index (κ1) is 17.8. The molecule has 0 aliphatic carbocycles. The van der Waals surface area contributed by atoms with Crippen LogP contribution in [0.25, 0.3) is 21.1 Å². The van der Waals surface area contributed by atoms with E-state index in [0.717, 1.165) is 51.8 Å². The number of nitrogens with one attached hydrogen (secondary N) is 1. The van der Waals surface area contributed by atoms with Crippen molar-refractivity contribution in [3.8, 4) is 0 Å². The number of thiazole rings is 1. The summed E-state index contributed by atoms with van der Waals surface area (Å²) in [6, 6.07) is 8.07. The molecule has 0 fully saturated rings. The number of fused-ring (bicyclic) bond motifs is 3. The van der Waals surface area contributed by atoms with E-state index in [4.69, 9.17) is 4.98 Å². The van der Waals surface area contributed by atoms with E-state index in [0.29, 0.717) is 12.2 Å². The van der Waals surface area contributed by atoms with Gasteiger partial charge in [-0.2, -0.15) is 0 Å². The molecule has 4 nitrogen and oxygen atoms in total. The third-order valence-corrected chi connectivity index (χ3v) is 5.40. The molecule has 1 amide bonds. The number of pyridine rings is 1. The van der Waals surface area contributed by atoms with Crippen molar-refractivity contribution >= 4 is 44.2 Å². The molecule has 3 aromatic rings. The molecule has 0 atom stereocenters. The number of unbranched alkanes of at least 4 members (excludes halogenated alkanes) is 3. The van der Waals surface area contributed by atoms with Gasteiger partial charge in [-0.15, -0.1) is 11.3 Å². The number of aromatic nitrogens is 2. The highest BCUT2D eigenvalue weighted by Crippen LogP contribution is 2.34. The monoisotopic (exact) mass is 355 g/mol. The minimum Gasteiger partial charge on any atom is -0.309 e. The predicted molar refractivity (Wildman–Crippen MR) is 106 cm³/mol. The van der Waals surface area contributed by atoms with Crippen LogP contribution in [0.3, 0.4) is 0 Å². The normalized spacial score (nSPS) is 11.3. The number of hydrogen-bond donors (Lipinski definition) is 1. The van der Waals surface area contributed by atoms with Crippen molar-refractivity contribution in [2.75, 3.05) is 5.32 Å². The first-order valence-corrected chi connectivity index (χ1v) is 10.0. The molecule has 132 valence electrons. The Labute approximate surface area is 152 Å². The van der Waals surface area contributed by atoms with Crippen molar-refractivity contribution in [2.45, 2.75) is 58.8 Å². The fourth-order valence-electron chi connectivity index (χ4n) is 2.96. The van der Waals surface area contributed by atoms with Crippen LogP contribution in [0.5, 0.6) is 0 Å². The van der Waals surface area contributed by atoms with Gasteiger partial charge in [0.2, 0.25) is 5.91 Å². The maximum absolute atomic E-state index is 12.3. The molecule has 3 rings (SSSR count). The Kier molecular flexibility index (Phi) is 5.97. The van der Waals surface area contributed by atoms with Crippen molar-refractivity contribution in [1.82, 2.24) is 9.97 Å². The Morgan fingerprint density at radius 1 is 1.08 bits per heavy atom. The van der Waals surface area contributed by atoms with Gasteiger partial charge in [-0.3, -0.25) is 4.79 Å². The second kappa shape index (κ2) is 8.39. The van der Waals surface area contributed by atoms with E-state index in [1.54, 1.807) is 11.3 Å². The number of rotatable bonds is 8. The first-order chi connectivity index (χ1) is 12.2. The molecule has 0 unspecified atom stereocenters. The lowest BCUT2D eigenvalue weighted by molar-refractivity contribution is -0.116. The molecule has 0 aliphatic heterocycles. The zero-order chi connectivity index (χ0) is 17.6. The lowest BCUT2D eigenvalue weighted by Crippen LogP contribution is -2.12. The van der Waals surface area contributed by atoms with Crippen LogP contribution in [0.15, 0.2) is 24.3 Å². The third-order valence-electron chi connectivity index (χ3n) is 4.26. The van der Waals surface area contributed by atoms with Crippen molar-refractivity contribution in [2.24, 2.45) is 0 Å². The van der Waals surface area contributed by atoms with Crippen LogP contribution in [0.4, 0.5) is 5.82 Å². The van der Waals surface area contributed by atoms with E-state index in [1.807, 2.05) is 18.2 Å². The number of benzene rings is 1. The molecule has 0 radical (unpaired) electrons. The molecule has 0 saturated heterocycles. The van der Waals surface area contributed by atoms with E-state index in [-0.39, 0.29) is 5.91 Å². The zero-order valence-electron chi connectivity index (χ0n) is 15.0. The number of amides is 1. The van der Waals surface area contributed by atoms with Gasteiger partial charge in [0, 0.05) is 11.8 Å². The fourth-order valence-corrected chi connectivity index (χ4v) is 4.16. The summed E-state index contributed by atoms with van der Waals surface area (Å²) in [6.45, 7) is 4.33. The van der Waals surface area contributed by atoms with Crippen LogP contribution in [-0.4, -0.2) is 15.9 Å². The van der Waals surface area contributed by atoms with Gasteiger partial charge < -0.3 is 5.32 Å². The molecule has 0 saturated carbocycles. The van der Waals surface area contributed by atoms with Crippen LogP contribution >= 0.6 is 11.3 Å². The molecule has 0 aliphatic rings. The highest BCUT2D eigenvalue weighted by atomic mass is 32.1. The maximum atomic E-state index is 12.3. The molecule has 1 aromatic carbocycles. The van der Waals surface area contributed by atoms with Gasteiger partial charge in [0.1, 0.15) is 5.52 Å². The maximum Gasteiger partial charge on any atom is 0.225 e. The Balaban J connectivity index is 1.91. The molecular formula is C20H25N3OS. The van der Waals surface area contributed by atoms with E-state index >= 15 is 0 Å². The summed E-state index contributed by atoms with van der Waals surface area (Å²) in [4.78, 5) is 21.7. The summed E-state index contributed by atoms with van der Waals surface area (Å²) in [5.74, 6) is 0.637. The van der Waals surface area contributed by atoms with E-state index < -0.39 is 0 Å². The van der Waals surface area contributed by atoms with Crippen LogP contribution in [0, 0.1) is 0 Å². The third kappa shape index (κ3) is 4.15. The van der Waals surface area contributed by atoms with Gasteiger partial charge >= 0.3 is 0 Å². The summed E-state index contributed by atoms with van der Waals surface area (Å²) in [6.07, 6.45) is 6.94. The number of aryl methyl sites for hydroxylation is 1. The average Bonchev–Trinajstić information content (AvgIpc) is 3.04. The van der Waals surface area contributed by atoms with Gasteiger partial charge in [0.05, 0.1) is 15.2 Å². The second-order valence-corrected chi connectivity index (χ2v) is 7.46. The first-order valence-electron chi connectivity index (χ1n) is 9.21. The Hall–Kier alpha value is -2.01. The van der Waals surface area contributed by atoms with E-state index in [9.17, 15) is 4.79 Å². The van der Waals surface area contributed by atoms with E-state index in [2.05, 4.69) is 30.2 Å². The number of para-hydroxylation sites is 1. The van der Waals surface area contributed by atoms with Crippen molar-refractivity contribution in [3.05, 3.63) is 29.3 Å². The zero-order valence-corrected chi connectivity index (χ0v) is 15.8. The Bertz CT molecular complexity index is 872. The minimum absolute atomic E-state index is 0.0326. The molecule has 25 heavy (non-hydrogen) atoms. The topological polar surface area (TPSA) is 54.9 Å². The highest BCUT2D eigenvalue weighted by molar-refractivity contribution is 7.19. The number of carbonyl (C=O) groups excluding carboxylic acids is 1. The molecule has 0 spiro atoms. The summed E-state index contributed by atoms with van der Waals surface area (Å²) >= 11 is 1.71.